The van der Waals surface area contributed by atoms with Crippen LogP contribution in [0.3, 0.4) is 0 Å². The van der Waals surface area contributed by atoms with E-state index in [9.17, 15) is 9.59 Å². The first-order valence-corrected chi connectivity index (χ1v) is 11.3. The van der Waals surface area contributed by atoms with Crippen LogP contribution in [0, 0.1) is 17.3 Å². The topological polar surface area (TPSA) is 103 Å². The number of ether oxygens (including phenoxy) is 2. The van der Waals surface area contributed by atoms with Gasteiger partial charge in [-0.3, -0.25) is 0 Å². The van der Waals surface area contributed by atoms with E-state index in [2.05, 4.69) is 24.5 Å². The molecule has 2 atom stereocenters. The monoisotopic (exact) mass is 427 g/mol. The van der Waals surface area contributed by atoms with Crippen molar-refractivity contribution in [2.45, 2.75) is 105 Å². The molecule has 0 aromatic heterocycles. The van der Waals surface area contributed by atoms with E-state index in [-0.39, 0.29) is 23.5 Å². The van der Waals surface area contributed by atoms with Crippen molar-refractivity contribution in [3.8, 4) is 0 Å². The van der Waals surface area contributed by atoms with Crippen LogP contribution in [0.15, 0.2) is 0 Å². The summed E-state index contributed by atoms with van der Waals surface area (Å²) in [7, 11) is 0. The number of nitrogens with two attached hydrogens (primary N) is 1. The van der Waals surface area contributed by atoms with Crippen LogP contribution in [0.5, 0.6) is 0 Å². The molecule has 1 saturated carbocycles. The predicted octanol–water partition coefficient (Wildman–Crippen LogP) is 4.59. The number of alkyl carbamates (subject to hydrolysis) is 2. The number of nitrogens with one attached hydrogen (secondary N) is 2. The second-order valence-corrected chi connectivity index (χ2v) is 11.5. The summed E-state index contributed by atoms with van der Waals surface area (Å²) in [4.78, 5) is 24.3. The van der Waals surface area contributed by atoms with Crippen LogP contribution in [0.4, 0.5) is 9.59 Å². The van der Waals surface area contributed by atoms with E-state index in [4.69, 9.17) is 15.2 Å². The highest BCUT2D eigenvalue weighted by Crippen LogP contribution is 2.38. The maximum atomic E-state index is 12.4. The number of rotatable bonds is 10. The van der Waals surface area contributed by atoms with Crippen LogP contribution in [0.1, 0.15) is 87.5 Å². The molecule has 0 saturated heterocycles. The Morgan fingerprint density at radius 3 is 1.97 bits per heavy atom. The first kappa shape index (κ1) is 26.5. The van der Waals surface area contributed by atoms with Gasteiger partial charge < -0.3 is 25.8 Å². The number of carbonyl (C=O) groups is 2. The van der Waals surface area contributed by atoms with Gasteiger partial charge in [0.2, 0.25) is 0 Å². The summed E-state index contributed by atoms with van der Waals surface area (Å²) in [6.07, 6.45) is 4.24. The molecule has 0 aliphatic heterocycles. The van der Waals surface area contributed by atoms with Crippen molar-refractivity contribution in [3.05, 3.63) is 0 Å². The quantitative estimate of drug-likeness (QED) is 0.473. The van der Waals surface area contributed by atoms with E-state index in [1.165, 1.54) is 12.8 Å². The van der Waals surface area contributed by atoms with Crippen LogP contribution in [0.2, 0.25) is 0 Å². The van der Waals surface area contributed by atoms with E-state index in [1.54, 1.807) is 0 Å². The zero-order chi connectivity index (χ0) is 23.2. The molecule has 30 heavy (non-hydrogen) atoms. The lowest BCUT2D eigenvalue weighted by Crippen LogP contribution is -2.46. The van der Waals surface area contributed by atoms with Crippen LogP contribution < -0.4 is 16.4 Å². The van der Waals surface area contributed by atoms with Gasteiger partial charge >= 0.3 is 12.2 Å². The molecule has 0 heterocycles. The second-order valence-electron chi connectivity index (χ2n) is 11.5. The van der Waals surface area contributed by atoms with Gasteiger partial charge in [0.05, 0.1) is 0 Å². The molecular formula is C23H45N3O4. The lowest BCUT2D eigenvalue weighted by Gasteiger charge is -2.35. The molecule has 4 N–H and O–H groups in total. The first-order chi connectivity index (χ1) is 13.6. The van der Waals surface area contributed by atoms with E-state index in [1.807, 2.05) is 41.5 Å². The van der Waals surface area contributed by atoms with Crippen molar-refractivity contribution < 1.29 is 19.1 Å². The lowest BCUT2D eigenvalue weighted by molar-refractivity contribution is 0.0459. The van der Waals surface area contributed by atoms with Crippen molar-refractivity contribution in [2.75, 3.05) is 13.1 Å². The Kier molecular flexibility index (Phi) is 9.46. The Labute approximate surface area is 183 Å². The van der Waals surface area contributed by atoms with E-state index in [0.717, 1.165) is 19.3 Å². The Balaban J connectivity index is 2.63. The maximum absolute atomic E-state index is 12.4. The largest absolute Gasteiger partial charge is 0.444 e. The van der Waals surface area contributed by atoms with Gasteiger partial charge in [-0.25, -0.2) is 9.59 Å². The maximum Gasteiger partial charge on any atom is 0.407 e. The van der Waals surface area contributed by atoms with Gasteiger partial charge in [-0.1, -0.05) is 26.7 Å². The molecule has 1 fully saturated rings. The highest BCUT2D eigenvalue weighted by atomic mass is 16.6. The van der Waals surface area contributed by atoms with Crippen LogP contribution in [-0.2, 0) is 9.47 Å². The van der Waals surface area contributed by atoms with E-state index < -0.39 is 17.3 Å². The SMILES string of the molecule is CC(C)(CCNC(=O)OC(C)(C)C)CC(CN)[C@@H](CC1CC1)NC(=O)OC(C)(C)C. The molecule has 0 spiro atoms. The van der Waals surface area contributed by atoms with Gasteiger partial charge in [-0.2, -0.15) is 0 Å². The molecule has 0 aromatic rings. The summed E-state index contributed by atoms with van der Waals surface area (Å²) < 4.78 is 10.8. The van der Waals surface area contributed by atoms with Crippen LogP contribution in [-0.4, -0.2) is 42.5 Å². The standard InChI is InChI=1S/C23H45N3O4/c1-21(2,3)29-19(27)25-12-11-23(7,8)14-17(15-24)18(13-16-9-10-16)26-20(28)30-22(4,5)6/h16-18H,9-15,24H2,1-8H3,(H,25,27)(H,26,28)/t17?,18-/m1/s1. The van der Waals surface area contributed by atoms with Crippen molar-refractivity contribution in [1.29, 1.82) is 0 Å². The van der Waals surface area contributed by atoms with Gasteiger partial charge in [0.1, 0.15) is 11.2 Å². The third-order valence-corrected chi connectivity index (χ3v) is 5.14. The van der Waals surface area contributed by atoms with Gasteiger partial charge in [-0.05, 0) is 84.6 Å². The second kappa shape index (κ2) is 10.7. The normalized spacial score (nSPS) is 17.1. The third-order valence-electron chi connectivity index (χ3n) is 5.14. The minimum absolute atomic E-state index is 0.00422. The van der Waals surface area contributed by atoms with Crippen molar-refractivity contribution in [2.24, 2.45) is 23.0 Å². The summed E-state index contributed by atoms with van der Waals surface area (Å²) in [6.45, 7) is 16.5. The zero-order valence-corrected chi connectivity index (χ0v) is 20.4. The van der Waals surface area contributed by atoms with E-state index >= 15 is 0 Å². The fraction of sp³-hybridized carbons (Fsp3) is 0.913. The molecule has 1 unspecified atom stereocenters. The molecule has 1 rings (SSSR count). The van der Waals surface area contributed by atoms with Gasteiger partial charge in [0.15, 0.2) is 0 Å². The fourth-order valence-corrected chi connectivity index (χ4v) is 3.56. The Morgan fingerprint density at radius 2 is 1.50 bits per heavy atom. The van der Waals surface area contributed by atoms with Crippen molar-refractivity contribution in [1.82, 2.24) is 10.6 Å². The third kappa shape index (κ3) is 12.3. The summed E-state index contributed by atoms with van der Waals surface area (Å²) in [5.74, 6) is 0.811. The van der Waals surface area contributed by atoms with Crippen LogP contribution >= 0.6 is 0 Å². The van der Waals surface area contributed by atoms with Crippen LogP contribution in [0.25, 0.3) is 0 Å². The molecule has 176 valence electrons. The van der Waals surface area contributed by atoms with Gasteiger partial charge in [0.25, 0.3) is 0 Å². The molecule has 2 amide bonds. The predicted molar refractivity (Wildman–Crippen MR) is 120 cm³/mol. The molecule has 0 bridgehead atoms. The van der Waals surface area contributed by atoms with Crippen molar-refractivity contribution >= 4 is 12.2 Å². The Morgan fingerprint density at radius 1 is 0.967 bits per heavy atom. The minimum atomic E-state index is -0.529. The molecule has 7 nitrogen and oxygen atoms in total. The average molecular weight is 428 g/mol. The summed E-state index contributed by atoms with van der Waals surface area (Å²) in [5.41, 5.74) is 5.06. The van der Waals surface area contributed by atoms with Gasteiger partial charge in [-0.15, -0.1) is 0 Å². The average Bonchev–Trinajstić information content (AvgIpc) is 3.32. The number of hydrogen-bond acceptors (Lipinski definition) is 5. The first-order valence-electron chi connectivity index (χ1n) is 11.3. The molecule has 0 aromatic carbocycles. The summed E-state index contributed by atoms with van der Waals surface area (Å²) in [6, 6.07) is -0.00422. The van der Waals surface area contributed by atoms with Crippen molar-refractivity contribution in [3.63, 3.8) is 0 Å². The number of hydrogen-bond donors (Lipinski definition) is 3. The Hall–Kier alpha value is -1.50. The molecule has 7 heteroatoms. The summed E-state index contributed by atoms with van der Waals surface area (Å²) in [5, 5.41) is 5.92. The molecule has 1 aliphatic carbocycles. The highest BCUT2D eigenvalue weighted by molar-refractivity contribution is 5.68. The van der Waals surface area contributed by atoms with Gasteiger partial charge in [0, 0.05) is 12.6 Å². The van der Waals surface area contributed by atoms with E-state index in [0.29, 0.717) is 19.0 Å². The minimum Gasteiger partial charge on any atom is -0.444 e. The zero-order valence-electron chi connectivity index (χ0n) is 20.4. The lowest BCUT2D eigenvalue weighted by atomic mass is 9.76. The highest BCUT2D eigenvalue weighted by Gasteiger charge is 2.34. The summed E-state index contributed by atoms with van der Waals surface area (Å²) >= 11 is 0. The number of amides is 2. The number of carbonyl (C=O) groups excluding carboxylic acids is 2. The molecular weight excluding hydrogens is 382 g/mol. The molecule has 0 radical (unpaired) electrons. The fourth-order valence-electron chi connectivity index (χ4n) is 3.56. The molecule has 1 aliphatic rings. The smallest absolute Gasteiger partial charge is 0.407 e. The Bertz CT molecular complexity index is 560.